The van der Waals surface area contributed by atoms with Gasteiger partial charge in [-0.05, 0) is 48.9 Å². The minimum atomic E-state index is -3.80. The zero-order valence-electron chi connectivity index (χ0n) is 15.3. The molecule has 0 bridgehead atoms. The average molecular weight is 469 g/mol. The number of hydrogen-bond acceptors (Lipinski definition) is 5. The Kier molecular flexibility index (Phi) is 8.01. The highest BCUT2D eigenvalue weighted by atomic mass is 79.9. The second-order valence-corrected chi connectivity index (χ2v) is 8.52. The molecule has 0 spiro atoms. The Labute approximate surface area is 172 Å². The van der Waals surface area contributed by atoms with E-state index in [0.29, 0.717) is 6.54 Å². The number of benzene rings is 2. The molecule has 2 aromatic carbocycles. The summed E-state index contributed by atoms with van der Waals surface area (Å²) in [5.41, 5.74) is 0.349. The van der Waals surface area contributed by atoms with Gasteiger partial charge in [-0.3, -0.25) is 9.52 Å². The van der Waals surface area contributed by atoms with Gasteiger partial charge in [-0.25, -0.2) is 13.2 Å². The van der Waals surface area contributed by atoms with Crippen LogP contribution in [0.1, 0.15) is 30.1 Å². The molecule has 0 aromatic heterocycles. The lowest BCUT2D eigenvalue weighted by Crippen LogP contribution is -2.29. The minimum absolute atomic E-state index is 0.0902. The van der Waals surface area contributed by atoms with Gasteiger partial charge in [-0.1, -0.05) is 35.3 Å². The van der Waals surface area contributed by atoms with Crippen molar-refractivity contribution in [2.45, 2.75) is 24.7 Å². The molecule has 0 unspecified atom stereocenters. The molecule has 0 atom stereocenters. The number of amides is 1. The molecule has 0 aliphatic heterocycles. The molecular weight excluding hydrogens is 448 g/mol. The van der Waals surface area contributed by atoms with Crippen molar-refractivity contribution < 1.29 is 22.7 Å². The maximum absolute atomic E-state index is 12.4. The summed E-state index contributed by atoms with van der Waals surface area (Å²) < 4.78 is 33.0. The van der Waals surface area contributed by atoms with E-state index < -0.39 is 22.6 Å². The zero-order valence-corrected chi connectivity index (χ0v) is 17.7. The predicted octanol–water partition coefficient (Wildman–Crippen LogP) is 3.32. The van der Waals surface area contributed by atoms with Crippen LogP contribution in [0, 0.1) is 0 Å². The molecular formula is C19H21BrN2O5S. The van der Waals surface area contributed by atoms with Gasteiger partial charge in [-0.2, -0.15) is 0 Å². The number of sulfonamides is 1. The molecule has 1 amide bonds. The molecule has 2 N–H and O–H groups in total. The van der Waals surface area contributed by atoms with Crippen LogP contribution in [0.15, 0.2) is 57.9 Å². The number of unbranched alkanes of at least 4 members (excludes halogenated alkanes) is 1. The largest absolute Gasteiger partial charge is 0.452 e. The van der Waals surface area contributed by atoms with Crippen molar-refractivity contribution in [2.75, 3.05) is 17.9 Å². The Morgan fingerprint density at radius 1 is 1.11 bits per heavy atom. The van der Waals surface area contributed by atoms with Crippen molar-refractivity contribution in [2.24, 2.45) is 0 Å². The first-order valence-electron chi connectivity index (χ1n) is 8.64. The first kappa shape index (κ1) is 21.9. The highest BCUT2D eigenvalue weighted by molar-refractivity contribution is 9.10. The van der Waals surface area contributed by atoms with Crippen molar-refractivity contribution in [1.82, 2.24) is 5.32 Å². The van der Waals surface area contributed by atoms with Gasteiger partial charge >= 0.3 is 5.97 Å². The number of nitrogens with one attached hydrogen (secondary N) is 2. The molecule has 2 rings (SSSR count). The van der Waals surface area contributed by atoms with Crippen molar-refractivity contribution in [3.05, 3.63) is 58.6 Å². The van der Waals surface area contributed by atoms with Crippen LogP contribution in [-0.4, -0.2) is 33.4 Å². The van der Waals surface area contributed by atoms with Crippen LogP contribution in [0.25, 0.3) is 0 Å². The Balaban J connectivity index is 2.00. The molecule has 2 aromatic rings. The molecule has 28 heavy (non-hydrogen) atoms. The number of rotatable bonds is 9. The van der Waals surface area contributed by atoms with E-state index >= 15 is 0 Å². The SMILES string of the molecule is CCCCNC(=O)COC(=O)c1cccc(NS(=O)(=O)c2ccc(Br)cc2)c1. The first-order chi connectivity index (χ1) is 13.3. The molecule has 0 radical (unpaired) electrons. The third-order valence-electron chi connectivity index (χ3n) is 3.66. The number of carbonyl (C=O) groups is 2. The first-order valence-corrected chi connectivity index (χ1v) is 10.9. The molecule has 7 nitrogen and oxygen atoms in total. The molecule has 9 heteroatoms. The lowest BCUT2D eigenvalue weighted by Gasteiger charge is -2.10. The normalized spacial score (nSPS) is 10.9. The fourth-order valence-corrected chi connectivity index (χ4v) is 3.52. The third-order valence-corrected chi connectivity index (χ3v) is 5.59. The highest BCUT2D eigenvalue weighted by Gasteiger charge is 2.16. The highest BCUT2D eigenvalue weighted by Crippen LogP contribution is 2.19. The summed E-state index contributed by atoms with van der Waals surface area (Å²) in [7, 11) is -3.80. The summed E-state index contributed by atoms with van der Waals surface area (Å²) in [5.74, 6) is -1.09. The number of esters is 1. The predicted molar refractivity (Wildman–Crippen MR) is 110 cm³/mol. The Bertz CT molecular complexity index is 930. The Morgan fingerprint density at radius 3 is 2.50 bits per heavy atom. The topological polar surface area (TPSA) is 102 Å². The Morgan fingerprint density at radius 2 is 1.82 bits per heavy atom. The second kappa shape index (κ2) is 10.2. The van der Waals surface area contributed by atoms with Gasteiger partial charge in [0.15, 0.2) is 6.61 Å². The molecule has 150 valence electrons. The maximum atomic E-state index is 12.4. The molecule has 0 aliphatic carbocycles. The number of hydrogen-bond donors (Lipinski definition) is 2. The molecule has 0 saturated heterocycles. The summed E-state index contributed by atoms with van der Waals surface area (Å²) >= 11 is 3.25. The molecule has 0 saturated carbocycles. The fraction of sp³-hybridized carbons (Fsp3) is 0.263. The van der Waals surface area contributed by atoms with Crippen LogP contribution in [0.2, 0.25) is 0 Å². The van der Waals surface area contributed by atoms with Crippen molar-refractivity contribution in [3.8, 4) is 0 Å². The minimum Gasteiger partial charge on any atom is -0.452 e. The standard InChI is InChI=1S/C19H21BrN2O5S/c1-2-3-11-21-18(23)13-27-19(24)14-5-4-6-16(12-14)22-28(25,26)17-9-7-15(20)8-10-17/h4-10,12,22H,2-3,11,13H2,1H3,(H,21,23). The third kappa shape index (κ3) is 6.65. The van der Waals surface area contributed by atoms with Crippen LogP contribution in [-0.2, 0) is 19.6 Å². The van der Waals surface area contributed by atoms with Crippen molar-refractivity contribution in [3.63, 3.8) is 0 Å². The molecule has 0 fully saturated rings. The van der Waals surface area contributed by atoms with Gasteiger partial charge < -0.3 is 10.1 Å². The smallest absolute Gasteiger partial charge is 0.338 e. The van der Waals surface area contributed by atoms with E-state index in [-0.39, 0.29) is 22.1 Å². The van der Waals surface area contributed by atoms with E-state index in [4.69, 9.17) is 4.74 Å². The van der Waals surface area contributed by atoms with Gasteiger partial charge in [0, 0.05) is 16.7 Å². The van der Waals surface area contributed by atoms with E-state index in [0.717, 1.165) is 17.3 Å². The summed E-state index contributed by atoms with van der Waals surface area (Å²) in [6.45, 7) is 2.14. The molecule has 0 aliphatic rings. The lowest BCUT2D eigenvalue weighted by atomic mass is 10.2. The monoisotopic (exact) mass is 468 g/mol. The van der Waals surface area contributed by atoms with Crippen LogP contribution in [0.3, 0.4) is 0 Å². The fourth-order valence-electron chi connectivity index (χ4n) is 2.21. The number of carbonyl (C=O) groups excluding carboxylic acids is 2. The van der Waals surface area contributed by atoms with Crippen LogP contribution >= 0.6 is 15.9 Å². The van der Waals surface area contributed by atoms with Gasteiger partial charge in [0.25, 0.3) is 15.9 Å². The van der Waals surface area contributed by atoms with Crippen molar-refractivity contribution >= 4 is 43.5 Å². The lowest BCUT2D eigenvalue weighted by molar-refractivity contribution is -0.124. The van der Waals surface area contributed by atoms with Crippen LogP contribution in [0.4, 0.5) is 5.69 Å². The van der Waals surface area contributed by atoms with Crippen LogP contribution < -0.4 is 10.0 Å². The van der Waals surface area contributed by atoms with E-state index in [2.05, 4.69) is 26.0 Å². The number of anilines is 1. The Hall–Kier alpha value is -2.39. The van der Waals surface area contributed by atoms with Gasteiger partial charge in [-0.15, -0.1) is 0 Å². The molecule has 0 heterocycles. The summed E-state index contributed by atoms with van der Waals surface area (Å²) in [6, 6.07) is 12.0. The number of ether oxygens (including phenoxy) is 1. The quantitative estimate of drug-likeness (QED) is 0.434. The van der Waals surface area contributed by atoms with Gasteiger partial charge in [0.2, 0.25) is 0 Å². The zero-order chi connectivity index (χ0) is 20.6. The second-order valence-electron chi connectivity index (χ2n) is 5.92. The van der Waals surface area contributed by atoms with E-state index in [1.54, 1.807) is 12.1 Å². The summed E-state index contributed by atoms with van der Waals surface area (Å²) in [4.78, 5) is 23.8. The van der Waals surface area contributed by atoms with Gasteiger partial charge in [0.1, 0.15) is 0 Å². The summed E-state index contributed by atoms with van der Waals surface area (Å²) in [6.07, 6.45) is 1.79. The van der Waals surface area contributed by atoms with Crippen molar-refractivity contribution in [1.29, 1.82) is 0 Å². The summed E-state index contributed by atoms with van der Waals surface area (Å²) in [5, 5.41) is 2.64. The van der Waals surface area contributed by atoms with E-state index in [1.165, 1.54) is 36.4 Å². The van der Waals surface area contributed by atoms with E-state index in [1.807, 2.05) is 6.92 Å². The van der Waals surface area contributed by atoms with Crippen LogP contribution in [0.5, 0.6) is 0 Å². The maximum Gasteiger partial charge on any atom is 0.338 e. The number of halogens is 1. The van der Waals surface area contributed by atoms with E-state index in [9.17, 15) is 18.0 Å². The average Bonchev–Trinajstić information content (AvgIpc) is 2.66. The van der Waals surface area contributed by atoms with Gasteiger partial charge in [0.05, 0.1) is 10.5 Å².